The van der Waals surface area contributed by atoms with Crippen LogP contribution in [0.3, 0.4) is 0 Å². The van der Waals surface area contributed by atoms with Gasteiger partial charge in [-0.3, -0.25) is 0 Å². The van der Waals surface area contributed by atoms with Gasteiger partial charge in [-0.25, -0.2) is 0 Å². The molecule has 3 heteroatoms. The number of aryl methyl sites for hydroxylation is 2. The first-order valence-electron chi connectivity index (χ1n) is 4.86. The van der Waals surface area contributed by atoms with E-state index < -0.39 is 0 Å². The molecule has 1 N–H and O–H groups in total. The van der Waals surface area contributed by atoms with E-state index in [1.54, 1.807) is 0 Å². The van der Waals surface area contributed by atoms with E-state index in [0.29, 0.717) is 6.42 Å². The van der Waals surface area contributed by atoms with E-state index in [0.717, 1.165) is 28.0 Å². The number of H-pyrrole nitrogens is 1. The number of nitrogens with one attached hydrogen (secondary N) is 1. The predicted octanol–water partition coefficient (Wildman–Crippen LogP) is 3.59. The molecule has 2 aromatic rings. The second-order valence-electron chi connectivity index (χ2n) is 3.58. The molecule has 1 heterocycles. The molecule has 0 aliphatic carbocycles. The highest BCUT2D eigenvalue weighted by atomic mass is 35.5. The Labute approximate surface area is 93.5 Å². The van der Waals surface area contributed by atoms with Gasteiger partial charge in [-0.2, -0.15) is 5.26 Å². The Morgan fingerprint density at radius 3 is 3.00 bits per heavy atom. The molecule has 2 rings (SSSR count). The number of halogens is 1. The second kappa shape index (κ2) is 3.96. The molecule has 1 aromatic heterocycles. The van der Waals surface area contributed by atoms with Gasteiger partial charge in [0.15, 0.2) is 0 Å². The molecule has 0 bridgehead atoms. The number of hydrogen-bond acceptors (Lipinski definition) is 1. The van der Waals surface area contributed by atoms with Crippen LogP contribution in [0, 0.1) is 18.3 Å². The van der Waals surface area contributed by atoms with Crippen molar-refractivity contribution in [1.29, 1.82) is 5.26 Å². The maximum atomic E-state index is 8.60. The standard InChI is InChI=1S/C12H11ClN2/c1-8-10(3-2-6-14)11-7-9(13)4-5-12(11)15-8/h4-5,7,15H,2-3H2,1H3. The lowest BCUT2D eigenvalue weighted by Gasteiger charge is -1.97. The third-order valence-electron chi connectivity index (χ3n) is 2.57. The van der Waals surface area contributed by atoms with Crippen molar-refractivity contribution in [2.45, 2.75) is 19.8 Å². The molecule has 76 valence electrons. The van der Waals surface area contributed by atoms with Gasteiger partial charge < -0.3 is 4.98 Å². The van der Waals surface area contributed by atoms with Gasteiger partial charge in [-0.05, 0) is 37.1 Å². The third kappa shape index (κ3) is 1.84. The van der Waals surface area contributed by atoms with Gasteiger partial charge in [0, 0.05) is 28.0 Å². The number of rotatable bonds is 2. The summed E-state index contributed by atoms with van der Waals surface area (Å²) in [5.74, 6) is 0. The molecule has 0 saturated carbocycles. The Morgan fingerprint density at radius 2 is 2.27 bits per heavy atom. The van der Waals surface area contributed by atoms with E-state index in [4.69, 9.17) is 16.9 Å². The molecule has 0 amide bonds. The third-order valence-corrected chi connectivity index (χ3v) is 2.80. The maximum Gasteiger partial charge on any atom is 0.0625 e. The normalized spacial score (nSPS) is 10.5. The molecule has 2 nitrogen and oxygen atoms in total. The van der Waals surface area contributed by atoms with Crippen molar-refractivity contribution in [2.24, 2.45) is 0 Å². The minimum absolute atomic E-state index is 0.542. The van der Waals surface area contributed by atoms with Crippen LogP contribution in [0.5, 0.6) is 0 Å². The average molecular weight is 219 g/mol. The zero-order chi connectivity index (χ0) is 10.8. The highest BCUT2D eigenvalue weighted by molar-refractivity contribution is 6.31. The molecule has 0 fully saturated rings. The fourth-order valence-electron chi connectivity index (χ4n) is 1.86. The van der Waals surface area contributed by atoms with Crippen LogP contribution in [0.2, 0.25) is 5.02 Å². The number of aromatic nitrogens is 1. The van der Waals surface area contributed by atoms with Gasteiger partial charge in [-0.1, -0.05) is 11.6 Å². The molecule has 1 aromatic carbocycles. The van der Waals surface area contributed by atoms with E-state index in [1.165, 1.54) is 5.56 Å². The number of hydrogen-bond donors (Lipinski definition) is 1. The van der Waals surface area contributed by atoms with Crippen molar-refractivity contribution in [3.8, 4) is 6.07 Å². The fourth-order valence-corrected chi connectivity index (χ4v) is 2.03. The zero-order valence-corrected chi connectivity index (χ0v) is 9.23. The minimum atomic E-state index is 0.542. The van der Waals surface area contributed by atoms with Gasteiger partial charge >= 0.3 is 0 Å². The van der Waals surface area contributed by atoms with Crippen molar-refractivity contribution in [1.82, 2.24) is 4.98 Å². The topological polar surface area (TPSA) is 39.6 Å². The van der Waals surface area contributed by atoms with E-state index in [1.807, 2.05) is 25.1 Å². The number of aromatic amines is 1. The monoisotopic (exact) mass is 218 g/mol. The van der Waals surface area contributed by atoms with Gasteiger partial charge in [-0.15, -0.1) is 0 Å². The summed E-state index contributed by atoms with van der Waals surface area (Å²) < 4.78 is 0. The SMILES string of the molecule is Cc1[nH]c2ccc(Cl)cc2c1CCC#N. The maximum absolute atomic E-state index is 8.60. The Hall–Kier alpha value is -1.46. The van der Waals surface area contributed by atoms with Crippen molar-refractivity contribution < 1.29 is 0 Å². The second-order valence-corrected chi connectivity index (χ2v) is 4.01. The van der Waals surface area contributed by atoms with Crippen molar-refractivity contribution in [3.63, 3.8) is 0 Å². The first kappa shape index (κ1) is 10.1. The number of fused-ring (bicyclic) bond motifs is 1. The molecule has 0 unspecified atom stereocenters. The molecule has 0 atom stereocenters. The molecule has 15 heavy (non-hydrogen) atoms. The Bertz CT molecular complexity index is 534. The number of benzene rings is 1. The highest BCUT2D eigenvalue weighted by Crippen LogP contribution is 2.26. The Morgan fingerprint density at radius 1 is 1.47 bits per heavy atom. The van der Waals surface area contributed by atoms with Gasteiger partial charge in [0.25, 0.3) is 0 Å². The molecule has 0 radical (unpaired) electrons. The Balaban J connectivity index is 2.56. The van der Waals surface area contributed by atoms with Crippen LogP contribution in [0.1, 0.15) is 17.7 Å². The van der Waals surface area contributed by atoms with Crippen LogP contribution in [0.4, 0.5) is 0 Å². The summed E-state index contributed by atoms with van der Waals surface area (Å²) in [6.45, 7) is 2.03. The predicted molar refractivity (Wildman–Crippen MR) is 62.0 cm³/mol. The van der Waals surface area contributed by atoms with Crippen LogP contribution < -0.4 is 0 Å². The summed E-state index contributed by atoms with van der Waals surface area (Å²) in [6, 6.07) is 7.96. The summed E-state index contributed by atoms with van der Waals surface area (Å²) in [7, 11) is 0. The lowest BCUT2D eigenvalue weighted by Crippen LogP contribution is -1.84. The molecular formula is C12H11ClN2. The van der Waals surface area contributed by atoms with Crippen LogP contribution in [-0.4, -0.2) is 4.98 Å². The Kier molecular flexibility index (Phi) is 2.66. The molecule has 0 saturated heterocycles. The van der Waals surface area contributed by atoms with Gasteiger partial charge in [0.2, 0.25) is 0 Å². The van der Waals surface area contributed by atoms with E-state index in [9.17, 15) is 0 Å². The summed E-state index contributed by atoms with van der Waals surface area (Å²) in [6.07, 6.45) is 1.32. The van der Waals surface area contributed by atoms with E-state index in [2.05, 4.69) is 11.1 Å². The van der Waals surface area contributed by atoms with Gasteiger partial charge in [0.05, 0.1) is 6.07 Å². The molecule has 0 spiro atoms. The lowest BCUT2D eigenvalue weighted by molar-refractivity contribution is 1.00. The highest BCUT2D eigenvalue weighted by Gasteiger charge is 2.07. The smallest absolute Gasteiger partial charge is 0.0625 e. The van der Waals surface area contributed by atoms with Crippen molar-refractivity contribution in [3.05, 3.63) is 34.5 Å². The summed E-state index contributed by atoms with van der Waals surface area (Å²) in [4.78, 5) is 3.30. The summed E-state index contributed by atoms with van der Waals surface area (Å²) in [5, 5.41) is 10.5. The fraction of sp³-hybridized carbons (Fsp3) is 0.250. The quantitative estimate of drug-likeness (QED) is 0.822. The van der Waals surface area contributed by atoms with E-state index in [-0.39, 0.29) is 0 Å². The summed E-state index contributed by atoms with van der Waals surface area (Å²) >= 11 is 5.96. The summed E-state index contributed by atoms with van der Waals surface area (Å²) in [5.41, 5.74) is 3.42. The van der Waals surface area contributed by atoms with Crippen LogP contribution in [0.25, 0.3) is 10.9 Å². The molecular weight excluding hydrogens is 208 g/mol. The van der Waals surface area contributed by atoms with Crippen molar-refractivity contribution in [2.75, 3.05) is 0 Å². The number of nitriles is 1. The molecule has 0 aliphatic heterocycles. The minimum Gasteiger partial charge on any atom is -0.358 e. The van der Waals surface area contributed by atoms with Crippen LogP contribution in [0.15, 0.2) is 18.2 Å². The number of nitrogens with zero attached hydrogens (tertiary/aromatic N) is 1. The van der Waals surface area contributed by atoms with Crippen LogP contribution in [-0.2, 0) is 6.42 Å². The first-order chi connectivity index (χ1) is 7.22. The largest absolute Gasteiger partial charge is 0.358 e. The average Bonchev–Trinajstić information content (AvgIpc) is 2.51. The first-order valence-corrected chi connectivity index (χ1v) is 5.24. The molecule has 0 aliphatic rings. The van der Waals surface area contributed by atoms with Crippen LogP contribution >= 0.6 is 11.6 Å². The van der Waals surface area contributed by atoms with Crippen molar-refractivity contribution >= 4 is 22.5 Å². The lowest BCUT2D eigenvalue weighted by atomic mass is 10.1. The zero-order valence-electron chi connectivity index (χ0n) is 8.47. The van der Waals surface area contributed by atoms with E-state index >= 15 is 0 Å². The van der Waals surface area contributed by atoms with Gasteiger partial charge in [0.1, 0.15) is 0 Å².